The van der Waals surface area contributed by atoms with E-state index in [0.717, 1.165) is 6.42 Å². The normalized spacial score (nSPS) is 17.5. The Morgan fingerprint density at radius 1 is 1.06 bits per heavy atom. The van der Waals surface area contributed by atoms with Gasteiger partial charge in [0.15, 0.2) is 0 Å². The van der Waals surface area contributed by atoms with E-state index >= 15 is 0 Å². The molecule has 1 unspecified atom stereocenters. The molecule has 1 amide bonds. The summed E-state index contributed by atoms with van der Waals surface area (Å²) in [6, 6.07) is 12.6. The molecule has 1 fully saturated rings. The van der Waals surface area contributed by atoms with Gasteiger partial charge in [-0.15, -0.1) is 0 Å². The number of ketones is 1. The van der Waals surface area contributed by atoms with Gasteiger partial charge in [-0.2, -0.15) is 0 Å². The summed E-state index contributed by atoms with van der Waals surface area (Å²) in [5.74, 6) is -1.31. The SMILES string of the molecule is CCCCN1C(=O)C(=O)/C(=C(\O)c2cccc(OCC)c2)C1c1cccc(OC(C)=O)c1. The Balaban J connectivity index is 2.15. The van der Waals surface area contributed by atoms with Crippen LogP contribution in [-0.2, 0) is 14.4 Å². The first-order chi connectivity index (χ1) is 15.4. The third-order valence-electron chi connectivity index (χ3n) is 5.15. The summed E-state index contributed by atoms with van der Waals surface area (Å²) in [5.41, 5.74) is 0.951. The van der Waals surface area contributed by atoms with Crippen LogP contribution < -0.4 is 9.47 Å². The molecule has 0 spiro atoms. The van der Waals surface area contributed by atoms with Crippen LogP contribution in [0.4, 0.5) is 0 Å². The molecular weight excluding hydrogens is 410 g/mol. The first-order valence-corrected chi connectivity index (χ1v) is 10.7. The largest absolute Gasteiger partial charge is 0.507 e. The van der Waals surface area contributed by atoms with Gasteiger partial charge in [-0.25, -0.2) is 0 Å². The first kappa shape index (κ1) is 23.1. The molecular formula is C25H27NO6. The number of carbonyl (C=O) groups is 3. The second-order valence-corrected chi connectivity index (χ2v) is 7.47. The fourth-order valence-electron chi connectivity index (χ4n) is 3.76. The van der Waals surface area contributed by atoms with Gasteiger partial charge >= 0.3 is 5.97 Å². The van der Waals surface area contributed by atoms with Crippen molar-refractivity contribution in [1.82, 2.24) is 4.90 Å². The average molecular weight is 437 g/mol. The summed E-state index contributed by atoms with van der Waals surface area (Å²) in [6.07, 6.45) is 1.53. The molecule has 2 aromatic rings. The van der Waals surface area contributed by atoms with Crippen molar-refractivity contribution < 1.29 is 29.0 Å². The molecule has 1 saturated heterocycles. The van der Waals surface area contributed by atoms with Crippen molar-refractivity contribution in [3.05, 3.63) is 65.2 Å². The zero-order valence-corrected chi connectivity index (χ0v) is 18.5. The maximum absolute atomic E-state index is 13.0. The van der Waals surface area contributed by atoms with E-state index in [1.165, 1.54) is 11.8 Å². The number of carbonyl (C=O) groups excluding carboxylic acids is 3. The molecule has 1 heterocycles. The van der Waals surface area contributed by atoms with Crippen LogP contribution in [0, 0.1) is 0 Å². The molecule has 0 aliphatic carbocycles. The number of benzene rings is 2. The number of aliphatic hydroxyl groups is 1. The Morgan fingerprint density at radius 3 is 2.47 bits per heavy atom. The highest BCUT2D eigenvalue weighted by Gasteiger charge is 2.45. The lowest BCUT2D eigenvalue weighted by Crippen LogP contribution is -2.30. The van der Waals surface area contributed by atoms with Crippen LogP contribution in [0.25, 0.3) is 5.76 Å². The number of ether oxygens (including phenoxy) is 2. The molecule has 7 nitrogen and oxygen atoms in total. The van der Waals surface area contributed by atoms with E-state index < -0.39 is 23.7 Å². The van der Waals surface area contributed by atoms with Crippen molar-refractivity contribution in [3.63, 3.8) is 0 Å². The van der Waals surface area contributed by atoms with Crippen LogP contribution >= 0.6 is 0 Å². The summed E-state index contributed by atoms with van der Waals surface area (Å²) in [7, 11) is 0. The zero-order chi connectivity index (χ0) is 23.3. The number of hydrogen-bond donors (Lipinski definition) is 1. The first-order valence-electron chi connectivity index (χ1n) is 10.7. The van der Waals surface area contributed by atoms with E-state index in [-0.39, 0.29) is 11.3 Å². The molecule has 3 rings (SSSR count). The molecule has 0 radical (unpaired) electrons. The molecule has 1 atom stereocenters. The molecule has 1 aliphatic rings. The Kier molecular flexibility index (Phi) is 7.30. The molecule has 1 N–H and O–H groups in total. The van der Waals surface area contributed by atoms with Gasteiger partial charge in [0.2, 0.25) is 0 Å². The second-order valence-electron chi connectivity index (χ2n) is 7.47. The lowest BCUT2D eigenvalue weighted by atomic mass is 9.95. The van der Waals surface area contributed by atoms with Crippen LogP contribution in [0.1, 0.15) is 50.8 Å². The quantitative estimate of drug-likeness (QED) is 0.218. The molecule has 0 saturated carbocycles. The smallest absolute Gasteiger partial charge is 0.308 e. The van der Waals surface area contributed by atoms with Crippen LogP contribution in [0.3, 0.4) is 0 Å². The monoisotopic (exact) mass is 437 g/mol. The number of nitrogens with zero attached hydrogens (tertiary/aromatic N) is 1. The van der Waals surface area contributed by atoms with Crippen LogP contribution in [0.15, 0.2) is 54.1 Å². The van der Waals surface area contributed by atoms with E-state index in [4.69, 9.17) is 9.47 Å². The molecule has 0 bridgehead atoms. The highest BCUT2D eigenvalue weighted by atomic mass is 16.5. The lowest BCUT2D eigenvalue weighted by Gasteiger charge is -2.25. The van der Waals surface area contributed by atoms with E-state index in [1.807, 2.05) is 13.8 Å². The molecule has 2 aromatic carbocycles. The Hall–Kier alpha value is -3.61. The van der Waals surface area contributed by atoms with E-state index in [9.17, 15) is 19.5 Å². The number of hydrogen-bond acceptors (Lipinski definition) is 6. The Bertz CT molecular complexity index is 1060. The Morgan fingerprint density at radius 2 is 1.78 bits per heavy atom. The summed E-state index contributed by atoms with van der Waals surface area (Å²) in [6.45, 7) is 5.95. The van der Waals surface area contributed by atoms with E-state index in [1.54, 1.807) is 48.5 Å². The summed E-state index contributed by atoms with van der Waals surface area (Å²) in [4.78, 5) is 38.8. The summed E-state index contributed by atoms with van der Waals surface area (Å²) >= 11 is 0. The standard InChI is InChI=1S/C25H27NO6/c1-4-6-13-26-22(17-9-7-12-20(14-17)32-16(3)27)21(24(29)25(26)30)23(28)18-10-8-11-19(15-18)31-5-2/h7-12,14-15,22,28H,4-6,13H2,1-3H3/b23-21-. The van der Waals surface area contributed by atoms with Gasteiger partial charge in [0, 0.05) is 19.0 Å². The fourth-order valence-corrected chi connectivity index (χ4v) is 3.76. The maximum atomic E-state index is 13.0. The fraction of sp³-hybridized carbons (Fsp3) is 0.320. The predicted molar refractivity (Wildman–Crippen MR) is 119 cm³/mol. The number of Topliss-reactive ketones (excluding diaryl/α,β-unsaturated/α-hetero) is 1. The van der Waals surface area contributed by atoms with Gasteiger partial charge in [-0.3, -0.25) is 14.4 Å². The highest BCUT2D eigenvalue weighted by molar-refractivity contribution is 6.46. The molecule has 0 aromatic heterocycles. The minimum absolute atomic E-state index is 0.000253. The summed E-state index contributed by atoms with van der Waals surface area (Å²) in [5, 5.41) is 11.1. The van der Waals surface area contributed by atoms with Gasteiger partial charge < -0.3 is 19.5 Å². The zero-order valence-electron chi connectivity index (χ0n) is 18.5. The number of amides is 1. The Labute approximate surface area is 187 Å². The topological polar surface area (TPSA) is 93.1 Å². The number of likely N-dealkylation sites (tertiary alicyclic amines) is 1. The maximum Gasteiger partial charge on any atom is 0.308 e. The van der Waals surface area contributed by atoms with Crippen molar-refractivity contribution in [1.29, 1.82) is 0 Å². The molecule has 1 aliphatic heterocycles. The minimum Gasteiger partial charge on any atom is -0.507 e. The van der Waals surface area contributed by atoms with Gasteiger partial charge in [0.05, 0.1) is 18.2 Å². The van der Waals surface area contributed by atoms with Crippen LogP contribution in [-0.4, -0.2) is 40.8 Å². The summed E-state index contributed by atoms with van der Waals surface area (Å²) < 4.78 is 10.7. The van der Waals surface area contributed by atoms with Crippen molar-refractivity contribution in [2.45, 2.75) is 39.7 Å². The molecule has 168 valence electrons. The third kappa shape index (κ3) is 4.82. The lowest BCUT2D eigenvalue weighted by molar-refractivity contribution is -0.139. The minimum atomic E-state index is -0.798. The van der Waals surface area contributed by atoms with Crippen molar-refractivity contribution in [2.24, 2.45) is 0 Å². The predicted octanol–water partition coefficient (Wildman–Crippen LogP) is 4.23. The van der Waals surface area contributed by atoms with Crippen molar-refractivity contribution in [2.75, 3.05) is 13.2 Å². The second kappa shape index (κ2) is 10.1. The molecule has 7 heteroatoms. The van der Waals surface area contributed by atoms with Crippen molar-refractivity contribution in [3.8, 4) is 11.5 Å². The van der Waals surface area contributed by atoms with Gasteiger partial charge in [0.1, 0.15) is 17.3 Å². The van der Waals surface area contributed by atoms with Gasteiger partial charge in [-0.05, 0) is 43.2 Å². The van der Waals surface area contributed by atoms with E-state index in [0.29, 0.717) is 42.2 Å². The van der Waals surface area contributed by atoms with Crippen LogP contribution in [0.5, 0.6) is 11.5 Å². The third-order valence-corrected chi connectivity index (χ3v) is 5.15. The van der Waals surface area contributed by atoms with Crippen LogP contribution in [0.2, 0.25) is 0 Å². The number of rotatable bonds is 8. The average Bonchev–Trinajstić information content (AvgIpc) is 3.02. The molecule has 32 heavy (non-hydrogen) atoms. The number of unbranched alkanes of at least 4 members (excludes halogenated alkanes) is 1. The highest BCUT2D eigenvalue weighted by Crippen LogP contribution is 2.40. The van der Waals surface area contributed by atoms with Crippen molar-refractivity contribution >= 4 is 23.4 Å². The van der Waals surface area contributed by atoms with Gasteiger partial charge in [-0.1, -0.05) is 37.6 Å². The number of aliphatic hydroxyl groups excluding tert-OH is 1. The van der Waals surface area contributed by atoms with E-state index in [2.05, 4.69) is 0 Å². The van der Waals surface area contributed by atoms with Gasteiger partial charge in [0.25, 0.3) is 11.7 Å². The number of esters is 1.